The van der Waals surface area contributed by atoms with Gasteiger partial charge in [-0.15, -0.1) is 0 Å². The normalized spacial score (nSPS) is 11.1. The van der Waals surface area contributed by atoms with Gasteiger partial charge in [0.05, 0.1) is 5.56 Å². The minimum absolute atomic E-state index is 0.257. The second-order valence-electron chi connectivity index (χ2n) is 4.32. The lowest BCUT2D eigenvalue weighted by atomic mass is 10.2. The molecule has 104 valence electrons. The van der Waals surface area contributed by atoms with E-state index in [0.29, 0.717) is 11.7 Å². The van der Waals surface area contributed by atoms with Gasteiger partial charge in [-0.2, -0.15) is 4.98 Å². The Morgan fingerprint density at radius 1 is 1.00 bits per heavy atom. The summed E-state index contributed by atoms with van der Waals surface area (Å²) in [5.41, 5.74) is 1.78. The summed E-state index contributed by atoms with van der Waals surface area (Å²) in [7, 11) is 0. The highest BCUT2D eigenvalue weighted by atomic mass is 127. The maximum absolute atomic E-state index is 12.8. The van der Waals surface area contributed by atoms with Crippen molar-refractivity contribution in [2.75, 3.05) is 0 Å². The Kier molecular flexibility index (Phi) is 4.10. The molecule has 1 heterocycles. The quantitative estimate of drug-likeness (QED) is 0.610. The van der Waals surface area contributed by atoms with E-state index in [4.69, 9.17) is 4.52 Å². The van der Waals surface area contributed by atoms with Crippen LogP contribution >= 0.6 is 22.6 Å². The average molecular weight is 392 g/mol. The Balaban J connectivity index is 1.82. The van der Waals surface area contributed by atoms with E-state index in [1.165, 1.54) is 12.1 Å². The SMILES string of the molecule is Fc1ccc(/C=C/c2noc(-c3ccccc3I)n2)cc1. The first kappa shape index (κ1) is 13.9. The van der Waals surface area contributed by atoms with Crippen LogP contribution in [0.1, 0.15) is 11.4 Å². The van der Waals surface area contributed by atoms with E-state index in [-0.39, 0.29) is 5.82 Å². The summed E-state index contributed by atoms with van der Waals surface area (Å²) >= 11 is 2.23. The van der Waals surface area contributed by atoms with Crippen LogP contribution in [0, 0.1) is 9.39 Å². The third kappa shape index (κ3) is 3.36. The highest BCUT2D eigenvalue weighted by Crippen LogP contribution is 2.23. The van der Waals surface area contributed by atoms with Gasteiger partial charge in [-0.05, 0) is 58.5 Å². The number of aromatic nitrogens is 2. The van der Waals surface area contributed by atoms with Crippen LogP contribution in [0.2, 0.25) is 0 Å². The van der Waals surface area contributed by atoms with E-state index < -0.39 is 0 Å². The zero-order valence-electron chi connectivity index (χ0n) is 10.8. The molecule has 0 saturated heterocycles. The molecule has 21 heavy (non-hydrogen) atoms. The molecular weight excluding hydrogens is 382 g/mol. The van der Waals surface area contributed by atoms with Crippen LogP contribution in [0.5, 0.6) is 0 Å². The first-order chi connectivity index (χ1) is 10.2. The molecule has 0 saturated carbocycles. The van der Waals surface area contributed by atoms with Crippen LogP contribution in [0.3, 0.4) is 0 Å². The first-order valence-electron chi connectivity index (χ1n) is 6.24. The highest BCUT2D eigenvalue weighted by Gasteiger charge is 2.09. The number of benzene rings is 2. The van der Waals surface area contributed by atoms with E-state index in [2.05, 4.69) is 32.7 Å². The van der Waals surface area contributed by atoms with E-state index in [0.717, 1.165) is 14.7 Å². The van der Waals surface area contributed by atoms with Crippen LogP contribution < -0.4 is 0 Å². The molecule has 0 aliphatic carbocycles. The molecule has 0 atom stereocenters. The topological polar surface area (TPSA) is 38.9 Å². The molecule has 3 rings (SSSR count). The lowest BCUT2D eigenvalue weighted by molar-refractivity contribution is 0.428. The van der Waals surface area contributed by atoms with Gasteiger partial charge in [-0.25, -0.2) is 4.39 Å². The van der Waals surface area contributed by atoms with Crippen molar-refractivity contribution in [2.24, 2.45) is 0 Å². The van der Waals surface area contributed by atoms with Gasteiger partial charge in [0.25, 0.3) is 5.89 Å². The second kappa shape index (κ2) is 6.17. The second-order valence-corrected chi connectivity index (χ2v) is 5.48. The predicted octanol–water partition coefficient (Wildman–Crippen LogP) is 4.65. The lowest BCUT2D eigenvalue weighted by Crippen LogP contribution is -1.82. The van der Waals surface area contributed by atoms with Gasteiger partial charge in [0.1, 0.15) is 5.82 Å². The molecular formula is C16H10FIN2O. The Morgan fingerprint density at radius 2 is 1.76 bits per heavy atom. The van der Waals surface area contributed by atoms with Crippen molar-refractivity contribution in [1.29, 1.82) is 0 Å². The highest BCUT2D eigenvalue weighted by molar-refractivity contribution is 14.1. The summed E-state index contributed by atoms with van der Waals surface area (Å²) in [6, 6.07) is 14.0. The number of hydrogen-bond acceptors (Lipinski definition) is 3. The van der Waals surface area contributed by atoms with Crippen molar-refractivity contribution < 1.29 is 8.91 Å². The number of hydrogen-bond donors (Lipinski definition) is 0. The zero-order valence-corrected chi connectivity index (χ0v) is 13.0. The molecule has 0 bridgehead atoms. The monoisotopic (exact) mass is 392 g/mol. The van der Waals surface area contributed by atoms with Crippen LogP contribution in [0.4, 0.5) is 4.39 Å². The predicted molar refractivity (Wildman–Crippen MR) is 87.8 cm³/mol. The molecule has 0 amide bonds. The van der Waals surface area contributed by atoms with Crippen LogP contribution in [0.15, 0.2) is 53.1 Å². The summed E-state index contributed by atoms with van der Waals surface area (Å²) < 4.78 is 19.1. The van der Waals surface area contributed by atoms with Gasteiger partial charge in [0.15, 0.2) is 5.82 Å². The van der Waals surface area contributed by atoms with Crippen molar-refractivity contribution >= 4 is 34.7 Å². The van der Waals surface area contributed by atoms with Gasteiger partial charge in [0.2, 0.25) is 0 Å². The number of rotatable bonds is 3. The fraction of sp³-hybridized carbons (Fsp3) is 0. The third-order valence-corrected chi connectivity index (χ3v) is 3.78. The van der Waals surface area contributed by atoms with E-state index in [1.807, 2.05) is 30.3 Å². The molecule has 1 aromatic heterocycles. The lowest BCUT2D eigenvalue weighted by Gasteiger charge is -1.95. The standard InChI is InChI=1S/C16H10FIN2O/c17-12-8-5-11(6-9-12)7-10-15-19-16(21-20-15)13-3-1-2-4-14(13)18/h1-10H/b10-7+. The molecule has 0 radical (unpaired) electrons. The van der Waals surface area contributed by atoms with Gasteiger partial charge < -0.3 is 4.52 Å². The van der Waals surface area contributed by atoms with Crippen LogP contribution in [-0.2, 0) is 0 Å². The number of halogens is 2. The maximum atomic E-state index is 12.8. The fourth-order valence-corrected chi connectivity index (χ4v) is 2.41. The van der Waals surface area contributed by atoms with Gasteiger partial charge in [-0.1, -0.05) is 35.5 Å². The molecule has 0 fully saturated rings. The zero-order chi connectivity index (χ0) is 14.7. The van der Waals surface area contributed by atoms with Crippen molar-refractivity contribution in [1.82, 2.24) is 10.1 Å². The summed E-state index contributed by atoms with van der Waals surface area (Å²) in [5, 5.41) is 3.92. The van der Waals surface area contributed by atoms with Gasteiger partial charge in [0, 0.05) is 3.57 Å². The van der Waals surface area contributed by atoms with Crippen molar-refractivity contribution in [3.05, 3.63) is 69.3 Å². The molecule has 0 spiro atoms. The Hall–Kier alpha value is -2.02. The van der Waals surface area contributed by atoms with E-state index >= 15 is 0 Å². The minimum Gasteiger partial charge on any atom is -0.334 e. The Bertz CT molecular complexity index is 781. The average Bonchev–Trinajstić information content (AvgIpc) is 2.96. The molecule has 0 aliphatic rings. The van der Waals surface area contributed by atoms with E-state index in [1.54, 1.807) is 18.2 Å². The number of nitrogens with zero attached hydrogens (tertiary/aromatic N) is 2. The van der Waals surface area contributed by atoms with Gasteiger partial charge in [-0.3, -0.25) is 0 Å². The molecule has 2 aromatic carbocycles. The third-order valence-electron chi connectivity index (χ3n) is 2.84. The molecule has 0 aliphatic heterocycles. The molecule has 3 nitrogen and oxygen atoms in total. The smallest absolute Gasteiger partial charge is 0.259 e. The van der Waals surface area contributed by atoms with Crippen molar-refractivity contribution in [3.8, 4) is 11.5 Å². The molecule has 0 unspecified atom stereocenters. The maximum Gasteiger partial charge on any atom is 0.259 e. The Morgan fingerprint density at radius 3 is 2.52 bits per heavy atom. The largest absolute Gasteiger partial charge is 0.334 e. The van der Waals surface area contributed by atoms with Crippen LogP contribution in [0.25, 0.3) is 23.6 Å². The van der Waals surface area contributed by atoms with Crippen molar-refractivity contribution in [3.63, 3.8) is 0 Å². The van der Waals surface area contributed by atoms with Crippen molar-refractivity contribution in [2.45, 2.75) is 0 Å². The summed E-state index contributed by atoms with van der Waals surface area (Å²) in [6.07, 6.45) is 3.54. The minimum atomic E-state index is -0.257. The summed E-state index contributed by atoms with van der Waals surface area (Å²) in [5.74, 6) is 0.709. The first-order valence-corrected chi connectivity index (χ1v) is 7.32. The fourth-order valence-electron chi connectivity index (χ4n) is 1.79. The Labute approximate surface area is 134 Å². The molecule has 3 aromatic rings. The molecule has 5 heteroatoms. The summed E-state index contributed by atoms with van der Waals surface area (Å²) in [6.45, 7) is 0. The van der Waals surface area contributed by atoms with E-state index in [9.17, 15) is 4.39 Å². The summed E-state index contributed by atoms with van der Waals surface area (Å²) in [4.78, 5) is 4.33. The van der Waals surface area contributed by atoms with Gasteiger partial charge >= 0.3 is 0 Å². The van der Waals surface area contributed by atoms with Crippen LogP contribution in [-0.4, -0.2) is 10.1 Å². The molecule has 0 N–H and O–H groups in total.